The van der Waals surface area contributed by atoms with Crippen molar-refractivity contribution in [3.8, 4) is 5.75 Å². The number of aliphatic hydroxyl groups is 1. The summed E-state index contributed by atoms with van der Waals surface area (Å²) in [5, 5.41) is 10.2. The van der Waals surface area contributed by atoms with Gasteiger partial charge in [-0.15, -0.1) is 0 Å². The summed E-state index contributed by atoms with van der Waals surface area (Å²) in [6.07, 6.45) is 1.04. The molecule has 1 amide bonds. The molecule has 9 heteroatoms. The molecule has 0 bridgehead atoms. The zero-order valence-electron chi connectivity index (χ0n) is 17.4. The average molecular weight is 447 g/mol. The molecule has 7 nitrogen and oxygen atoms in total. The van der Waals surface area contributed by atoms with Crippen molar-refractivity contribution in [1.82, 2.24) is 14.9 Å². The Balaban J connectivity index is 1.56. The van der Waals surface area contributed by atoms with Gasteiger partial charge < -0.3 is 20.5 Å². The smallest absolute Gasteiger partial charge is 0.258 e. The number of benzene rings is 1. The van der Waals surface area contributed by atoms with E-state index in [0.717, 1.165) is 0 Å². The molecule has 2 heterocycles. The van der Waals surface area contributed by atoms with E-state index >= 15 is 0 Å². The number of rotatable bonds is 4. The SMILES string of the molecule is Cc1nc(C2=C(N)CN(C(=O)c3ccc(F)cc3OC3CCC(O)C3)C2)nc(C)c1Cl. The van der Waals surface area contributed by atoms with Gasteiger partial charge in [-0.3, -0.25) is 4.79 Å². The van der Waals surface area contributed by atoms with Gasteiger partial charge in [-0.25, -0.2) is 14.4 Å². The van der Waals surface area contributed by atoms with Crippen LogP contribution in [0.1, 0.15) is 46.8 Å². The van der Waals surface area contributed by atoms with Crippen LogP contribution in [0.4, 0.5) is 4.39 Å². The van der Waals surface area contributed by atoms with E-state index in [2.05, 4.69) is 9.97 Å². The minimum atomic E-state index is -0.495. The first-order valence-electron chi connectivity index (χ1n) is 10.1. The van der Waals surface area contributed by atoms with Crippen molar-refractivity contribution in [3.63, 3.8) is 0 Å². The van der Waals surface area contributed by atoms with Crippen LogP contribution in [0.15, 0.2) is 23.9 Å². The number of hydrogen-bond acceptors (Lipinski definition) is 6. The Morgan fingerprint density at radius 2 is 1.97 bits per heavy atom. The monoisotopic (exact) mass is 446 g/mol. The zero-order valence-corrected chi connectivity index (χ0v) is 18.1. The highest BCUT2D eigenvalue weighted by atomic mass is 35.5. The molecule has 2 aromatic rings. The molecule has 0 radical (unpaired) electrons. The Kier molecular flexibility index (Phi) is 5.85. The minimum absolute atomic E-state index is 0.172. The second-order valence-electron chi connectivity index (χ2n) is 8.04. The predicted octanol–water partition coefficient (Wildman–Crippen LogP) is 3.00. The quantitative estimate of drug-likeness (QED) is 0.748. The van der Waals surface area contributed by atoms with E-state index in [1.165, 1.54) is 18.2 Å². The predicted molar refractivity (Wildman–Crippen MR) is 114 cm³/mol. The second-order valence-corrected chi connectivity index (χ2v) is 8.42. The van der Waals surface area contributed by atoms with Crippen molar-refractivity contribution in [3.05, 3.63) is 57.5 Å². The van der Waals surface area contributed by atoms with Crippen LogP contribution in [0, 0.1) is 19.7 Å². The first-order chi connectivity index (χ1) is 14.7. The van der Waals surface area contributed by atoms with E-state index in [-0.39, 0.29) is 36.4 Å². The van der Waals surface area contributed by atoms with Crippen molar-refractivity contribution in [1.29, 1.82) is 0 Å². The number of aryl methyl sites for hydroxylation is 2. The lowest BCUT2D eigenvalue weighted by molar-refractivity contribution is 0.0790. The molecule has 1 saturated carbocycles. The van der Waals surface area contributed by atoms with Gasteiger partial charge in [-0.05, 0) is 38.8 Å². The third-order valence-electron chi connectivity index (χ3n) is 5.66. The summed E-state index contributed by atoms with van der Waals surface area (Å²) in [5.41, 5.74) is 8.92. The molecule has 1 aromatic heterocycles. The molecule has 4 rings (SSSR count). The van der Waals surface area contributed by atoms with Gasteiger partial charge in [0.25, 0.3) is 5.91 Å². The van der Waals surface area contributed by atoms with Crippen LogP contribution in [0.5, 0.6) is 5.75 Å². The molecule has 2 atom stereocenters. The van der Waals surface area contributed by atoms with E-state index in [1.807, 2.05) is 0 Å². The average Bonchev–Trinajstić information content (AvgIpc) is 3.30. The minimum Gasteiger partial charge on any atom is -0.489 e. The maximum absolute atomic E-state index is 13.9. The van der Waals surface area contributed by atoms with Crippen molar-refractivity contribution in [2.75, 3.05) is 13.1 Å². The molecule has 2 aliphatic rings. The molecule has 0 spiro atoms. The Hall–Kier alpha value is -2.71. The highest BCUT2D eigenvalue weighted by Gasteiger charge is 2.31. The third kappa shape index (κ3) is 4.36. The van der Waals surface area contributed by atoms with Gasteiger partial charge in [0, 0.05) is 23.8 Å². The van der Waals surface area contributed by atoms with Crippen molar-refractivity contribution in [2.45, 2.75) is 45.3 Å². The van der Waals surface area contributed by atoms with Gasteiger partial charge in [0.15, 0.2) is 5.82 Å². The first-order valence-corrected chi connectivity index (χ1v) is 10.5. The summed E-state index contributed by atoms with van der Waals surface area (Å²) in [7, 11) is 0. The van der Waals surface area contributed by atoms with Crippen LogP contribution in [-0.4, -0.2) is 51.2 Å². The molecular formula is C22H24ClFN4O3. The summed E-state index contributed by atoms with van der Waals surface area (Å²) in [6, 6.07) is 3.85. The topological polar surface area (TPSA) is 102 Å². The fourth-order valence-corrected chi connectivity index (χ4v) is 4.07. The standard InChI is InChI=1S/C22H24ClFN4O3/c1-11-20(23)12(2)27-21(26-11)17-9-28(10-18(17)25)22(30)16-6-3-13(24)7-19(16)31-15-5-4-14(29)8-15/h3,6-7,14-15,29H,4-5,8-10,25H2,1-2H3. The van der Waals surface area contributed by atoms with E-state index in [0.29, 0.717) is 52.8 Å². The largest absolute Gasteiger partial charge is 0.489 e. The number of carbonyl (C=O) groups excluding carboxylic acids is 1. The normalized spacial score (nSPS) is 21.1. The van der Waals surface area contributed by atoms with E-state index < -0.39 is 11.9 Å². The summed E-state index contributed by atoms with van der Waals surface area (Å²) in [5.74, 6) is -0.201. The molecule has 3 N–H and O–H groups in total. The van der Waals surface area contributed by atoms with Crippen LogP contribution in [0.2, 0.25) is 5.02 Å². The third-order valence-corrected chi connectivity index (χ3v) is 6.21. The van der Waals surface area contributed by atoms with Gasteiger partial charge in [0.2, 0.25) is 0 Å². The number of carbonyl (C=O) groups is 1. The van der Waals surface area contributed by atoms with Crippen molar-refractivity contribution in [2.24, 2.45) is 5.73 Å². The number of hydrogen-bond donors (Lipinski definition) is 2. The molecule has 1 aromatic carbocycles. The van der Waals surface area contributed by atoms with Crippen LogP contribution in [0.3, 0.4) is 0 Å². The maximum atomic E-state index is 13.9. The first kappa shape index (κ1) is 21.5. The van der Waals surface area contributed by atoms with Gasteiger partial charge in [-0.1, -0.05) is 11.6 Å². The summed E-state index contributed by atoms with van der Waals surface area (Å²) in [4.78, 5) is 23.7. The lowest BCUT2D eigenvalue weighted by atomic mass is 10.1. The fraction of sp³-hybridized carbons (Fsp3) is 0.409. The molecule has 31 heavy (non-hydrogen) atoms. The number of nitrogens with zero attached hydrogens (tertiary/aromatic N) is 3. The van der Waals surface area contributed by atoms with Gasteiger partial charge in [0.05, 0.1) is 41.2 Å². The Morgan fingerprint density at radius 3 is 2.61 bits per heavy atom. The number of halogens is 2. The van der Waals surface area contributed by atoms with Gasteiger partial charge in [-0.2, -0.15) is 0 Å². The summed E-state index contributed by atoms with van der Waals surface area (Å²) >= 11 is 6.16. The van der Waals surface area contributed by atoms with Crippen molar-refractivity contribution >= 4 is 23.1 Å². The number of nitrogens with two attached hydrogens (primary N) is 1. The molecule has 1 aliphatic heterocycles. The van der Waals surface area contributed by atoms with Gasteiger partial charge >= 0.3 is 0 Å². The molecule has 1 fully saturated rings. The summed E-state index contributed by atoms with van der Waals surface area (Å²) in [6.45, 7) is 4.01. The second kappa shape index (κ2) is 8.43. The molecule has 2 unspecified atom stereocenters. The Morgan fingerprint density at radius 1 is 1.26 bits per heavy atom. The van der Waals surface area contributed by atoms with Crippen LogP contribution >= 0.6 is 11.6 Å². The lowest BCUT2D eigenvalue weighted by Gasteiger charge is -2.21. The van der Waals surface area contributed by atoms with Crippen LogP contribution < -0.4 is 10.5 Å². The number of aromatic nitrogens is 2. The summed E-state index contributed by atoms with van der Waals surface area (Å²) < 4.78 is 19.8. The molecule has 164 valence electrons. The number of aliphatic hydroxyl groups excluding tert-OH is 1. The van der Waals surface area contributed by atoms with E-state index in [9.17, 15) is 14.3 Å². The highest BCUT2D eigenvalue weighted by Crippen LogP contribution is 2.31. The molecule has 1 aliphatic carbocycles. The molecular weight excluding hydrogens is 423 g/mol. The van der Waals surface area contributed by atoms with Gasteiger partial charge in [0.1, 0.15) is 17.7 Å². The maximum Gasteiger partial charge on any atom is 0.258 e. The van der Waals surface area contributed by atoms with E-state index in [4.69, 9.17) is 22.1 Å². The van der Waals surface area contributed by atoms with E-state index in [1.54, 1.807) is 18.7 Å². The van der Waals surface area contributed by atoms with Crippen molar-refractivity contribution < 1.29 is 19.0 Å². The fourth-order valence-electron chi connectivity index (χ4n) is 3.99. The number of amides is 1. The van der Waals surface area contributed by atoms with Crippen LogP contribution in [-0.2, 0) is 0 Å². The van der Waals surface area contributed by atoms with Crippen LogP contribution in [0.25, 0.3) is 5.57 Å². The Bertz CT molecular complexity index is 1050. The lowest BCUT2D eigenvalue weighted by Crippen LogP contribution is -2.31. The Labute approximate surface area is 184 Å². The zero-order chi connectivity index (χ0) is 22.3. The molecule has 0 saturated heterocycles. The highest BCUT2D eigenvalue weighted by molar-refractivity contribution is 6.31. The number of ether oxygens (including phenoxy) is 1.